The highest BCUT2D eigenvalue weighted by Crippen LogP contribution is 2.19. The molecule has 2 rings (SSSR count). The van der Waals surface area contributed by atoms with Gasteiger partial charge in [-0.15, -0.1) is 0 Å². The van der Waals surface area contributed by atoms with Crippen LogP contribution in [0.2, 0.25) is 0 Å². The number of hydrogen-bond acceptors (Lipinski definition) is 4. The molecule has 2 N–H and O–H groups in total. The highest BCUT2D eigenvalue weighted by atomic mass is 16.4. The predicted octanol–water partition coefficient (Wildman–Crippen LogP) is 2.41. The molecular weight excluding hydrogens is 260 g/mol. The van der Waals surface area contributed by atoms with Crippen LogP contribution in [0.5, 0.6) is 0 Å². The topological polar surface area (TPSA) is 103 Å². The van der Waals surface area contributed by atoms with E-state index in [1.165, 1.54) is 0 Å². The predicted molar refractivity (Wildman–Crippen MR) is 69.5 cm³/mol. The molecule has 0 spiro atoms. The number of nitrogens with zero attached hydrogens (tertiary/aromatic N) is 1. The first-order valence-electron chi connectivity index (χ1n) is 5.66. The second-order valence-corrected chi connectivity index (χ2v) is 4.07. The highest BCUT2D eigenvalue weighted by Gasteiger charge is 2.16. The second kappa shape index (κ2) is 5.28. The fraction of sp³-hybridized carbons (Fsp3) is 0.0714. The molecule has 0 saturated heterocycles. The molecule has 0 saturated carbocycles. The van der Waals surface area contributed by atoms with Crippen molar-refractivity contribution in [1.82, 2.24) is 0 Å². The molecule has 1 amide bonds. The third kappa shape index (κ3) is 2.52. The Labute approximate surface area is 114 Å². The first-order chi connectivity index (χ1) is 9.52. The third-order valence-corrected chi connectivity index (χ3v) is 2.70. The number of aryl methyl sites for hydroxylation is 1. The van der Waals surface area contributed by atoms with Crippen LogP contribution < -0.4 is 5.32 Å². The van der Waals surface area contributed by atoms with Gasteiger partial charge in [0.05, 0.1) is 16.8 Å². The van der Waals surface area contributed by atoms with Gasteiger partial charge >= 0.3 is 5.97 Å². The number of carbonyl (C=O) groups is 2. The van der Waals surface area contributed by atoms with Crippen molar-refractivity contribution < 1.29 is 19.1 Å². The lowest BCUT2D eigenvalue weighted by Gasteiger charge is -2.07. The summed E-state index contributed by atoms with van der Waals surface area (Å²) in [5.74, 6) is -1.92. The van der Waals surface area contributed by atoms with E-state index in [-0.39, 0.29) is 11.3 Å². The van der Waals surface area contributed by atoms with Crippen LogP contribution in [-0.2, 0) is 0 Å². The number of carboxylic acid groups (broad SMARTS) is 1. The minimum absolute atomic E-state index is 0.111. The molecule has 1 aromatic carbocycles. The smallest absolute Gasteiger partial charge is 0.338 e. The van der Waals surface area contributed by atoms with Crippen molar-refractivity contribution in [2.45, 2.75) is 6.92 Å². The van der Waals surface area contributed by atoms with Crippen LogP contribution in [0.1, 0.15) is 32.0 Å². The minimum Gasteiger partial charge on any atom is -0.478 e. The maximum Gasteiger partial charge on any atom is 0.338 e. The summed E-state index contributed by atoms with van der Waals surface area (Å²) in [5, 5.41) is 20.3. The van der Waals surface area contributed by atoms with Gasteiger partial charge in [-0.05, 0) is 18.6 Å². The first-order valence-corrected chi connectivity index (χ1v) is 5.66. The van der Waals surface area contributed by atoms with E-state index in [2.05, 4.69) is 5.32 Å². The van der Waals surface area contributed by atoms with Gasteiger partial charge in [-0.3, -0.25) is 4.79 Å². The lowest BCUT2D eigenvalue weighted by molar-refractivity contribution is 0.0696. The number of rotatable bonds is 3. The standard InChI is InChI=1S/C14H10N2O4/c1-8-3-2-4-11(10(8)6-15)16-13(17)12-5-9(7-20-12)14(18)19/h2-5,7H,1H3,(H,16,17)(H,18,19). The summed E-state index contributed by atoms with van der Waals surface area (Å²) in [6.45, 7) is 1.75. The Morgan fingerprint density at radius 3 is 2.75 bits per heavy atom. The number of nitrogens with one attached hydrogen (secondary N) is 1. The van der Waals surface area contributed by atoms with E-state index < -0.39 is 11.9 Å². The largest absolute Gasteiger partial charge is 0.478 e. The zero-order chi connectivity index (χ0) is 14.7. The maximum absolute atomic E-state index is 11.9. The van der Waals surface area contributed by atoms with Gasteiger partial charge in [0, 0.05) is 6.07 Å². The fourth-order valence-corrected chi connectivity index (χ4v) is 1.67. The van der Waals surface area contributed by atoms with Crippen LogP contribution in [0.3, 0.4) is 0 Å². The molecule has 0 atom stereocenters. The Balaban J connectivity index is 2.26. The van der Waals surface area contributed by atoms with Crippen molar-refractivity contribution in [3.63, 3.8) is 0 Å². The van der Waals surface area contributed by atoms with E-state index >= 15 is 0 Å². The number of nitriles is 1. The molecular formula is C14H10N2O4. The molecule has 0 radical (unpaired) electrons. The molecule has 0 aliphatic heterocycles. The molecule has 2 aromatic rings. The van der Waals surface area contributed by atoms with Crippen molar-refractivity contribution in [2.75, 3.05) is 5.32 Å². The maximum atomic E-state index is 11.9. The molecule has 100 valence electrons. The summed E-state index contributed by atoms with van der Waals surface area (Å²) in [5.41, 5.74) is 1.33. The number of furan rings is 1. The normalized spacial score (nSPS) is 9.80. The van der Waals surface area contributed by atoms with Crippen molar-refractivity contribution in [3.8, 4) is 6.07 Å². The van der Waals surface area contributed by atoms with Crippen molar-refractivity contribution >= 4 is 17.6 Å². The van der Waals surface area contributed by atoms with Crippen molar-refractivity contribution in [2.24, 2.45) is 0 Å². The van der Waals surface area contributed by atoms with Crippen molar-refractivity contribution in [1.29, 1.82) is 5.26 Å². The average Bonchev–Trinajstić information content (AvgIpc) is 2.89. The Morgan fingerprint density at radius 1 is 1.40 bits per heavy atom. The van der Waals surface area contributed by atoms with Gasteiger partial charge in [0.1, 0.15) is 12.3 Å². The van der Waals surface area contributed by atoms with Crippen LogP contribution >= 0.6 is 0 Å². The van der Waals surface area contributed by atoms with Gasteiger partial charge in [0.2, 0.25) is 0 Å². The van der Waals surface area contributed by atoms with E-state index in [1.807, 2.05) is 6.07 Å². The number of hydrogen-bond donors (Lipinski definition) is 2. The first kappa shape index (κ1) is 13.4. The Kier molecular flexibility index (Phi) is 3.53. The summed E-state index contributed by atoms with van der Waals surface area (Å²) in [4.78, 5) is 22.6. The van der Waals surface area contributed by atoms with Gasteiger partial charge in [-0.1, -0.05) is 12.1 Å². The van der Waals surface area contributed by atoms with Crippen LogP contribution in [-0.4, -0.2) is 17.0 Å². The van der Waals surface area contributed by atoms with Gasteiger partial charge in [-0.25, -0.2) is 4.79 Å². The number of carbonyl (C=O) groups excluding carboxylic acids is 1. The molecule has 0 fully saturated rings. The van der Waals surface area contributed by atoms with E-state index in [9.17, 15) is 9.59 Å². The Hall–Kier alpha value is -3.07. The average molecular weight is 270 g/mol. The molecule has 1 aromatic heterocycles. The summed E-state index contributed by atoms with van der Waals surface area (Å²) < 4.78 is 4.89. The monoisotopic (exact) mass is 270 g/mol. The number of aromatic carboxylic acids is 1. The fourth-order valence-electron chi connectivity index (χ4n) is 1.67. The molecule has 6 heteroatoms. The Morgan fingerprint density at radius 2 is 2.15 bits per heavy atom. The zero-order valence-electron chi connectivity index (χ0n) is 10.5. The van der Waals surface area contributed by atoms with Gasteiger partial charge < -0.3 is 14.8 Å². The minimum atomic E-state index is -1.18. The van der Waals surface area contributed by atoms with Gasteiger partial charge in [0.15, 0.2) is 5.76 Å². The van der Waals surface area contributed by atoms with E-state index in [0.29, 0.717) is 11.3 Å². The lowest BCUT2D eigenvalue weighted by Crippen LogP contribution is -2.12. The molecule has 0 unspecified atom stereocenters. The van der Waals surface area contributed by atoms with Crippen molar-refractivity contribution in [3.05, 3.63) is 53.0 Å². The lowest BCUT2D eigenvalue weighted by atomic mass is 10.1. The van der Waals surface area contributed by atoms with Crippen LogP contribution in [0, 0.1) is 18.3 Å². The van der Waals surface area contributed by atoms with Crippen LogP contribution in [0.4, 0.5) is 5.69 Å². The molecule has 0 aliphatic carbocycles. The summed E-state index contributed by atoms with van der Waals surface area (Å²) in [6.07, 6.45) is 0.985. The van der Waals surface area contributed by atoms with E-state index in [4.69, 9.17) is 14.8 Å². The number of anilines is 1. The number of amides is 1. The molecule has 0 bridgehead atoms. The number of benzene rings is 1. The van der Waals surface area contributed by atoms with Crippen LogP contribution in [0.15, 0.2) is 34.9 Å². The molecule has 20 heavy (non-hydrogen) atoms. The molecule has 1 heterocycles. The summed E-state index contributed by atoms with van der Waals surface area (Å²) in [7, 11) is 0. The zero-order valence-corrected chi connectivity index (χ0v) is 10.5. The summed E-state index contributed by atoms with van der Waals surface area (Å²) >= 11 is 0. The quantitative estimate of drug-likeness (QED) is 0.891. The summed E-state index contributed by atoms with van der Waals surface area (Å²) in [6, 6.07) is 8.18. The van der Waals surface area contributed by atoms with Gasteiger partial charge in [-0.2, -0.15) is 5.26 Å². The van der Waals surface area contributed by atoms with E-state index in [0.717, 1.165) is 17.9 Å². The third-order valence-electron chi connectivity index (χ3n) is 2.70. The molecule has 0 aliphatic rings. The van der Waals surface area contributed by atoms with Crippen LogP contribution in [0.25, 0.3) is 0 Å². The highest BCUT2D eigenvalue weighted by molar-refractivity contribution is 6.04. The Bertz CT molecular complexity index is 725. The van der Waals surface area contributed by atoms with E-state index in [1.54, 1.807) is 25.1 Å². The second-order valence-electron chi connectivity index (χ2n) is 4.07. The number of carboxylic acids is 1. The molecule has 6 nitrogen and oxygen atoms in total. The SMILES string of the molecule is Cc1cccc(NC(=O)c2cc(C(=O)O)co2)c1C#N. The van der Waals surface area contributed by atoms with Gasteiger partial charge in [0.25, 0.3) is 5.91 Å².